The normalized spacial score (nSPS) is 18.2. The van der Waals surface area contributed by atoms with Crippen molar-refractivity contribution in [2.45, 2.75) is 32.5 Å². The maximum atomic E-state index is 13.3. The Balaban J connectivity index is 1.52. The molecule has 1 fully saturated rings. The molecule has 0 spiro atoms. The highest BCUT2D eigenvalue weighted by Crippen LogP contribution is 2.15. The third-order valence-electron chi connectivity index (χ3n) is 4.54. The standard InChI is InChI=1S/C18H25FN4O2/c1-14(24-2)18-20-17(25-21-18)13-23-8-4-7-22(9-10-23)12-15-5-3-6-16(19)11-15/h3,5-6,11,14H,4,7-10,12-13H2,1-2H3/t14-/m1/s1. The number of methoxy groups -OCH3 is 1. The predicted octanol–water partition coefficient (Wildman–Crippen LogP) is 2.62. The van der Waals surface area contributed by atoms with Crippen LogP contribution >= 0.6 is 0 Å². The Bertz CT molecular complexity index is 679. The molecule has 3 rings (SSSR count). The summed E-state index contributed by atoms with van der Waals surface area (Å²) in [7, 11) is 1.63. The molecule has 0 unspecified atom stereocenters. The van der Waals surface area contributed by atoms with Crippen molar-refractivity contribution in [2.75, 3.05) is 33.3 Å². The van der Waals surface area contributed by atoms with E-state index in [1.807, 2.05) is 13.0 Å². The van der Waals surface area contributed by atoms with E-state index in [0.29, 0.717) is 18.3 Å². The lowest BCUT2D eigenvalue weighted by atomic mass is 10.2. The molecule has 6 nitrogen and oxygen atoms in total. The Kier molecular flexibility index (Phi) is 6.12. The summed E-state index contributed by atoms with van der Waals surface area (Å²) in [5.74, 6) is 1.03. The molecule has 0 N–H and O–H groups in total. The number of aromatic nitrogens is 2. The van der Waals surface area contributed by atoms with Gasteiger partial charge in [0.05, 0.1) is 6.54 Å². The second-order valence-corrected chi connectivity index (χ2v) is 6.46. The van der Waals surface area contributed by atoms with Gasteiger partial charge in [-0.25, -0.2) is 4.39 Å². The van der Waals surface area contributed by atoms with Crippen molar-refractivity contribution in [3.05, 3.63) is 47.4 Å². The van der Waals surface area contributed by atoms with Crippen LogP contribution in [0.1, 0.15) is 36.7 Å². The fourth-order valence-electron chi connectivity index (χ4n) is 3.03. The van der Waals surface area contributed by atoms with Gasteiger partial charge in [-0.05, 0) is 44.1 Å². The number of rotatable bonds is 6. The minimum absolute atomic E-state index is 0.164. The van der Waals surface area contributed by atoms with Crippen LogP contribution in [0.25, 0.3) is 0 Å². The van der Waals surface area contributed by atoms with Gasteiger partial charge in [-0.2, -0.15) is 4.98 Å². The van der Waals surface area contributed by atoms with Crippen molar-refractivity contribution in [3.8, 4) is 0 Å². The van der Waals surface area contributed by atoms with Crippen LogP contribution in [0.5, 0.6) is 0 Å². The zero-order valence-corrected chi connectivity index (χ0v) is 14.8. The molecule has 0 bridgehead atoms. The first-order chi connectivity index (χ1) is 12.1. The van der Waals surface area contributed by atoms with Crippen LogP contribution in [-0.2, 0) is 17.8 Å². The number of halogens is 1. The molecule has 2 heterocycles. The Labute approximate surface area is 147 Å². The Hall–Kier alpha value is -1.83. The molecule has 0 aliphatic carbocycles. The van der Waals surface area contributed by atoms with Gasteiger partial charge in [0.25, 0.3) is 0 Å². The van der Waals surface area contributed by atoms with E-state index < -0.39 is 0 Å². The van der Waals surface area contributed by atoms with E-state index in [1.165, 1.54) is 6.07 Å². The van der Waals surface area contributed by atoms with Gasteiger partial charge >= 0.3 is 0 Å². The first-order valence-electron chi connectivity index (χ1n) is 8.68. The Morgan fingerprint density at radius 3 is 2.68 bits per heavy atom. The minimum atomic E-state index is -0.175. The molecule has 25 heavy (non-hydrogen) atoms. The first-order valence-corrected chi connectivity index (χ1v) is 8.68. The van der Waals surface area contributed by atoms with E-state index in [0.717, 1.165) is 44.7 Å². The van der Waals surface area contributed by atoms with E-state index >= 15 is 0 Å². The second kappa shape index (κ2) is 8.51. The summed E-state index contributed by atoms with van der Waals surface area (Å²) in [6, 6.07) is 6.84. The molecule has 1 aromatic heterocycles. The summed E-state index contributed by atoms with van der Waals surface area (Å²) >= 11 is 0. The lowest BCUT2D eigenvalue weighted by Gasteiger charge is -2.21. The molecule has 1 aliphatic rings. The van der Waals surface area contributed by atoms with Gasteiger partial charge in [0, 0.05) is 26.7 Å². The number of hydrogen-bond donors (Lipinski definition) is 0. The SMILES string of the molecule is CO[C@H](C)c1noc(CN2CCCN(Cc3cccc(F)c3)CC2)n1. The average molecular weight is 348 g/mol. The first kappa shape index (κ1) is 18.0. The average Bonchev–Trinajstić information content (AvgIpc) is 2.96. The molecular formula is C18H25FN4O2. The molecule has 1 saturated heterocycles. The van der Waals surface area contributed by atoms with Crippen molar-refractivity contribution < 1.29 is 13.7 Å². The number of ether oxygens (including phenoxy) is 1. The fourth-order valence-corrected chi connectivity index (χ4v) is 3.03. The largest absolute Gasteiger partial charge is 0.374 e. The van der Waals surface area contributed by atoms with Gasteiger partial charge in [0.2, 0.25) is 5.89 Å². The summed E-state index contributed by atoms with van der Waals surface area (Å²) in [5, 5.41) is 3.97. The Morgan fingerprint density at radius 2 is 1.96 bits per heavy atom. The summed E-state index contributed by atoms with van der Waals surface area (Å²) in [6.45, 7) is 7.17. The Morgan fingerprint density at radius 1 is 1.20 bits per heavy atom. The maximum absolute atomic E-state index is 13.3. The maximum Gasteiger partial charge on any atom is 0.240 e. The highest BCUT2D eigenvalue weighted by Gasteiger charge is 2.19. The predicted molar refractivity (Wildman–Crippen MR) is 91.3 cm³/mol. The smallest absolute Gasteiger partial charge is 0.240 e. The van der Waals surface area contributed by atoms with Gasteiger partial charge in [-0.1, -0.05) is 17.3 Å². The van der Waals surface area contributed by atoms with Gasteiger partial charge in [-0.15, -0.1) is 0 Å². The van der Waals surface area contributed by atoms with Gasteiger partial charge in [0.1, 0.15) is 11.9 Å². The van der Waals surface area contributed by atoms with Crippen molar-refractivity contribution >= 4 is 0 Å². The summed E-state index contributed by atoms with van der Waals surface area (Å²) in [4.78, 5) is 9.08. The number of benzene rings is 1. The van der Waals surface area contributed by atoms with Crippen molar-refractivity contribution in [1.29, 1.82) is 0 Å². The van der Waals surface area contributed by atoms with E-state index in [-0.39, 0.29) is 11.9 Å². The third kappa shape index (κ3) is 5.07. The molecule has 136 valence electrons. The van der Waals surface area contributed by atoms with Crippen LogP contribution in [0.4, 0.5) is 4.39 Å². The molecule has 7 heteroatoms. The molecule has 2 aromatic rings. The third-order valence-corrected chi connectivity index (χ3v) is 4.54. The van der Waals surface area contributed by atoms with E-state index in [2.05, 4.69) is 19.9 Å². The molecule has 1 atom stereocenters. The number of nitrogens with zero attached hydrogens (tertiary/aromatic N) is 4. The van der Waals surface area contributed by atoms with Crippen molar-refractivity contribution in [1.82, 2.24) is 19.9 Å². The van der Waals surface area contributed by atoms with E-state index in [1.54, 1.807) is 19.2 Å². The summed E-state index contributed by atoms with van der Waals surface area (Å²) in [5.41, 5.74) is 1.02. The fraction of sp³-hybridized carbons (Fsp3) is 0.556. The lowest BCUT2D eigenvalue weighted by molar-refractivity contribution is 0.109. The quantitative estimate of drug-likeness (QED) is 0.800. The zero-order chi connectivity index (χ0) is 17.6. The van der Waals surface area contributed by atoms with Crippen LogP contribution in [0, 0.1) is 5.82 Å². The van der Waals surface area contributed by atoms with Gasteiger partial charge < -0.3 is 9.26 Å². The summed E-state index contributed by atoms with van der Waals surface area (Å²) in [6.07, 6.45) is 0.897. The second-order valence-electron chi connectivity index (χ2n) is 6.46. The van der Waals surface area contributed by atoms with Gasteiger partial charge in [-0.3, -0.25) is 9.80 Å². The van der Waals surface area contributed by atoms with Crippen LogP contribution in [0.15, 0.2) is 28.8 Å². The minimum Gasteiger partial charge on any atom is -0.374 e. The van der Waals surface area contributed by atoms with Crippen molar-refractivity contribution in [3.63, 3.8) is 0 Å². The molecule has 0 saturated carbocycles. The van der Waals surface area contributed by atoms with Gasteiger partial charge in [0.15, 0.2) is 5.82 Å². The zero-order valence-electron chi connectivity index (χ0n) is 14.8. The highest BCUT2D eigenvalue weighted by molar-refractivity contribution is 5.16. The monoisotopic (exact) mass is 348 g/mol. The van der Waals surface area contributed by atoms with Crippen LogP contribution in [0.2, 0.25) is 0 Å². The van der Waals surface area contributed by atoms with Crippen LogP contribution in [-0.4, -0.2) is 53.2 Å². The van der Waals surface area contributed by atoms with E-state index in [4.69, 9.17) is 9.26 Å². The molecule has 1 aromatic carbocycles. The van der Waals surface area contributed by atoms with E-state index in [9.17, 15) is 4.39 Å². The number of hydrogen-bond acceptors (Lipinski definition) is 6. The van der Waals surface area contributed by atoms with Crippen LogP contribution in [0.3, 0.4) is 0 Å². The van der Waals surface area contributed by atoms with Crippen molar-refractivity contribution in [2.24, 2.45) is 0 Å². The molecule has 1 aliphatic heterocycles. The molecule has 0 amide bonds. The topological polar surface area (TPSA) is 54.6 Å². The molecular weight excluding hydrogens is 323 g/mol. The summed E-state index contributed by atoms with van der Waals surface area (Å²) < 4.78 is 23.9. The highest BCUT2D eigenvalue weighted by atomic mass is 19.1. The lowest BCUT2D eigenvalue weighted by Crippen LogP contribution is -2.30. The van der Waals surface area contributed by atoms with Crippen LogP contribution < -0.4 is 0 Å². The molecule has 0 radical (unpaired) electrons.